The van der Waals surface area contributed by atoms with Gasteiger partial charge in [-0.1, -0.05) is 138 Å². The van der Waals surface area contributed by atoms with E-state index in [0.29, 0.717) is 12.5 Å². The number of benzene rings is 1. The van der Waals surface area contributed by atoms with Crippen LogP contribution in [-0.2, 0) is 16.1 Å². The number of rotatable bonds is 12. The van der Waals surface area contributed by atoms with E-state index in [4.69, 9.17) is 10.5 Å². The van der Waals surface area contributed by atoms with Crippen molar-refractivity contribution in [2.75, 3.05) is 13.2 Å². The molecule has 1 atom stereocenters. The summed E-state index contributed by atoms with van der Waals surface area (Å²) in [4.78, 5) is 10.4. The zero-order valence-corrected chi connectivity index (χ0v) is 28.4. The summed E-state index contributed by atoms with van der Waals surface area (Å²) in [6, 6.07) is 10.2. The predicted octanol–water partition coefficient (Wildman–Crippen LogP) is 10.6. The Labute approximate surface area is 256 Å². The second-order valence-corrected chi connectivity index (χ2v) is 8.22. The van der Waals surface area contributed by atoms with E-state index < -0.39 is 0 Å². The molecule has 3 nitrogen and oxygen atoms in total. The van der Waals surface area contributed by atoms with E-state index in [0.717, 1.165) is 49.1 Å². The quantitative estimate of drug-likeness (QED) is 0.119. The SMILES string of the molecule is C#C.C/C=C\C(C=O)=C(\C)CC.C=C(C)/C=C\C(C)CC(/C=C\CN)=C/C.CC.CC.CCOCc1ccccc1. The Morgan fingerprint density at radius 3 is 1.95 bits per heavy atom. The van der Waals surface area contributed by atoms with Crippen molar-refractivity contribution in [3.05, 3.63) is 107 Å². The Hall–Kier alpha value is -3.19. The Kier molecular flexibility index (Phi) is 47.9. The number of carbonyl (C=O) groups excluding carboxylic acids is 1. The summed E-state index contributed by atoms with van der Waals surface area (Å²) in [6.45, 7) is 28.2. The van der Waals surface area contributed by atoms with E-state index in [-0.39, 0.29) is 0 Å². The third-order valence-corrected chi connectivity index (χ3v) is 4.92. The monoisotopic (exact) mass is 565 g/mol. The fourth-order valence-corrected chi connectivity index (χ4v) is 2.73. The van der Waals surface area contributed by atoms with Gasteiger partial charge in [0.05, 0.1) is 6.61 Å². The van der Waals surface area contributed by atoms with Crippen molar-refractivity contribution in [2.45, 2.75) is 95.6 Å². The van der Waals surface area contributed by atoms with Gasteiger partial charge < -0.3 is 10.5 Å². The number of allylic oxidation sites excluding steroid dienone is 10. The van der Waals surface area contributed by atoms with Crippen LogP contribution in [0.1, 0.15) is 94.6 Å². The molecule has 0 saturated carbocycles. The minimum atomic E-state index is 0.537. The van der Waals surface area contributed by atoms with Gasteiger partial charge >= 0.3 is 0 Å². The summed E-state index contributed by atoms with van der Waals surface area (Å²) in [5, 5.41) is 0. The maximum Gasteiger partial charge on any atom is 0.149 e. The lowest BCUT2D eigenvalue weighted by Gasteiger charge is -2.06. The van der Waals surface area contributed by atoms with Crippen molar-refractivity contribution in [2.24, 2.45) is 11.7 Å². The van der Waals surface area contributed by atoms with E-state index in [1.54, 1.807) is 0 Å². The van der Waals surface area contributed by atoms with Crippen LogP contribution in [0.4, 0.5) is 0 Å². The molecule has 1 aromatic rings. The highest BCUT2D eigenvalue weighted by Crippen LogP contribution is 2.14. The van der Waals surface area contributed by atoms with Gasteiger partial charge in [-0.05, 0) is 58.9 Å². The van der Waals surface area contributed by atoms with Crippen LogP contribution in [0.5, 0.6) is 0 Å². The number of hydrogen-bond acceptors (Lipinski definition) is 3. The van der Waals surface area contributed by atoms with Gasteiger partial charge in [0, 0.05) is 18.7 Å². The van der Waals surface area contributed by atoms with Crippen molar-refractivity contribution in [3.8, 4) is 12.8 Å². The van der Waals surface area contributed by atoms with Crippen LogP contribution in [0.25, 0.3) is 0 Å². The van der Waals surface area contributed by atoms with Gasteiger partial charge in [0.2, 0.25) is 0 Å². The Morgan fingerprint density at radius 1 is 1.00 bits per heavy atom. The topological polar surface area (TPSA) is 52.3 Å². The molecule has 0 fully saturated rings. The minimum Gasteiger partial charge on any atom is -0.377 e. The second kappa shape index (κ2) is 41.3. The first-order valence-electron chi connectivity index (χ1n) is 14.9. The molecule has 0 aliphatic carbocycles. The molecule has 0 aromatic heterocycles. The third-order valence-electron chi connectivity index (χ3n) is 4.92. The number of terminal acetylenes is 1. The normalized spacial score (nSPS) is 11.5. The Balaban J connectivity index is -0.000000147. The summed E-state index contributed by atoms with van der Waals surface area (Å²) in [5.41, 5.74) is 11.0. The number of nitrogens with two attached hydrogens (primary N) is 1. The molecule has 1 aromatic carbocycles. The van der Waals surface area contributed by atoms with Gasteiger partial charge in [-0.25, -0.2) is 0 Å². The van der Waals surface area contributed by atoms with Crippen LogP contribution < -0.4 is 5.73 Å². The summed E-state index contributed by atoms with van der Waals surface area (Å²) in [6.07, 6.45) is 25.1. The highest BCUT2D eigenvalue weighted by atomic mass is 16.5. The van der Waals surface area contributed by atoms with Crippen LogP contribution in [-0.4, -0.2) is 19.4 Å². The smallest absolute Gasteiger partial charge is 0.149 e. The minimum absolute atomic E-state index is 0.537. The number of ether oxygens (including phenoxy) is 1. The molecular weight excluding hydrogens is 502 g/mol. The van der Waals surface area contributed by atoms with Gasteiger partial charge in [0.15, 0.2) is 0 Å². The van der Waals surface area contributed by atoms with Crippen molar-refractivity contribution < 1.29 is 9.53 Å². The van der Waals surface area contributed by atoms with E-state index in [1.165, 1.54) is 11.1 Å². The van der Waals surface area contributed by atoms with Crippen LogP contribution in [0, 0.1) is 18.8 Å². The maximum absolute atomic E-state index is 10.4. The van der Waals surface area contributed by atoms with Crippen molar-refractivity contribution in [3.63, 3.8) is 0 Å². The average Bonchev–Trinajstić information content (AvgIpc) is 3.03. The van der Waals surface area contributed by atoms with Crippen LogP contribution in [0.2, 0.25) is 0 Å². The van der Waals surface area contributed by atoms with Gasteiger partial charge in [-0.2, -0.15) is 0 Å². The first-order chi connectivity index (χ1) is 19.8. The lowest BCUT2D eigenvalue weighted by molar-refractivity contribution is -0.104. The van der Waals surface area contributed by atoms with Crippen LogP contribution >= 0.6 is 0 Å². The number of carbonyl (C=O) groups is 1. The van der Waals surface area contributed by atoms with Gasteiger partial charge in [0.25, 0.3) is 0 Å². The number of hydrogen-bond donors (Lipinski definition) is 1. The molecule has 0 saturated heterocycles. The van der Waals surface area contributed by atoms with Crippen molar-refractivity contribution >= 4 is 6.29 Å². The molecule has 1 rings (SSSR count). The standard InChI is InChI=1S/C14H23N.C9H12O.C9H14O.2C2H6.C2H2/c1-5-14(7-6-10-15)11-13(4)9-8-12(2)3;1-2-10-8-9-6-4-3-5-7-9;1-4-6-9(7-10)8(3)5-2;3*1-2/h5-9,13H,2,10-11,15H2,1,3-4H3;3-7H,2,8H2,1H3;4,6-7H,5H2,1-3H3;2*1-2H3;1-2H/b7-6-,9-8-,14-5+;;6-4-,9-8+;;;. The summed E-state index contributed by atoms with van der Waals surface area (Å²) >= 11 is 0. The molecule has 0 aliphatic heterocycles. The molecule has 41 heavy (non-hydrogen) atoms. The third kappa shape index (κ3) is 36.8. The summed E-state index contributed by atoms with van der Waals surface area (Å²) < 4.78 is 5.22. The molecule has 0 amide bonds. The van der Waals surface area contributed by atoms with E-state index >= 15 is 0 Å². The maximum atomic E-state index is 10.4. The van der Waals surface area contributed by atoms with E-state index in [9.17, 15) is 4.79 Å². The largest absolute Gasteiger partial charge is 0.377 e. The van der Waals surface area contributed by atoms with Gasteiger partial charge in [0.1, 0.15) is 6.29 Å². The zero-order valence-electron chi connectivity index (χ0n) is 28.4. The molecule has 232 valence electrons. The molecule has 0 spiro atoms. The Morgan fingerprint density at radius 2 is 1.56 bits per heavy atom. The molecular formula is C38H63NO2. The summed E-state index contributed by atoms with van der Waals surface area (Å²) in [7, 11) is 0. The molecule has 0 bridgehead atoms. The Bertz CT molecular complexity index is 868. The molecule has 1 unspecified atom stereocenters. The molecule has 0 aliphatic rings. The molecule has 0 radical (unpaired) electrons. The lowest BCUT2D eigenvalue weighted by Crippen LogP contribution is -1.95. The molecule has 2 N–H and O–H groups in total. The van der Waals surface area contributed by atoms with Crippen molar-refractivity contribution in [1.29, 1.82) is 0 Å². The zero-order chi connectivity index (χ0) is 32.9. The first-order valence-corrected chi connectivity index (χ1v) is 14.9. The van der Waals surface area contributed by atoms with Gasteiger partial charge in [-0.15, -0.1) is 12.8 Å². The van der Waals surface area contributed by atoms with E-state index in [1.807, 2.05) is 98.7 Å². The van der Waals surface area contributed by atoms with Gasteiger partial charge in [-0.3, -0.25) is 4.79 Å². The second-order valence-electron chi connectivity index (χ2n) is 8.22. The van der Waals surface area contributed by atoms with E-state index in [2.05, 4.69) is 69.7 Å². The number of aldehydes is 1. The fraction of sp³-hybridized carbons (Fsp3) is 0.447. The highest BCUT2D eigenvalue weighted by molar-refractivity contribution is 5.78. The highest BCUT2D eigenvalue weighted by Gasteiger charge is 1.99. The first kappa shape index (κ1) is 47.6. The predicted molar refractivity (Wildman–Crippen MR) is 188 cm³/mol. The van der Waals surface area contributed by atoms with Crippen LogP contribution in [0.15, 0.2) is 102 Å². The summed E-state index contributed by atoms with van der Waals surface area (Å²) in [5.74, 6) is 0.537. The van der Waals surface area contributed by atoms with Crippen molar-refractivity contribution in [1.82, 2.24) is 0 Å². The lowest BCUT2D eigenvalue weighted by atomic mass is 9.99. The average molecular weight is 566 g/mol. The molecule has 0 heterocycles. The molecule has 3 heteroatoms. The fourth-order valence-electron chi connectivity index (χ4n) is 2.73. The van der Waals surface area contributed by atoms with Crippen LogP contribution in [0.3, 0.4) is 0 Å².